The van der Waals surface area contributed by atoms with Gasteiger partial charge in [0, 0.05) is 41.9 Å². The van der Waals surface area contributed by atoms with Crippen molar-refractivity contribution in [2.45, 2.75) is 6.92 Å². The number of carbonyl (C=O) groups is 1. The lowest BCUT2D eigenvalue weighted by Gasteiger charge is -2.02. The Morgan fingerprint density at radius 2 is 2.30 bits per heavy atom. The van der Waals surface area contributed by atoms with Crippen molar-refractivity contribution in [3.8, 4) is 10.6 Å². The topological polar surface area (TPSA) is 47.8 Å². The molecule has 20 heavy (non-hydrogen) atoms. The van der Waals surface area contributed by atoms with Crippen LogP contribution in [0.1, 0.15) is 15.2 Å². The van der Waals surface area contributed by atoms with Gasteiger partial charge in [-0.25, -0.2) is 4.98 Å². The third-order valence-electron chi connectivity index (χ3n) is 2.85. The first-order chi connectivity index (χ1) is 9.63. The van der Waals surface area contributed by atoms with E-state index in [1.54, 1.807) is 0 Å². The van der Waals surface area contributed by atoms with E-state index >= 15 is 0 Å². The van der Waals surface area contributed by atoms with Gasteiger partial charge in [0.1, 0.15) is 0 Å². The zero-order chi connectivity index (χ0) is 14.3. The van der Waals surface area contributed by atoms with Crippen molar-refractivity contribution >= 4 is 70.6 Å². The maximum absolute atomic E-state index is 11.0. The highest BCUT2D eigenvalue weighted by atomic mass is 127. The maximum atomic E-state index is 11.0. The predicted octanol–water partition coefficient (Wildman–Crippen LogP) is 4.78. The van der Waals surface area contributed by atoms with Gasteiger partial charge in [0.15, 0.2) is 11.9 Å². The first kappa shape index (κ1) is 14.3. The summed E-state index contributed by atoms with van der Waals surface area (Å²) in [6.45, 7) is 1.91. The molecule has 3 rings (SSSR count). The maximum Gasteiger partial charge on any atom is 0.225 e. The molecule has 0 fully saturated rings. The SMILES string of the molecule is Cc1cc(-c2nc(Cl)nc3c2ccn3SI)sc1C=O. The summed E-state index contributed by atoms with van der Waals surface area (Å²) in [5, 5.41) is 1.13. The molecular weight excluding hydrogens is 429 g/mol. The Labute approximate surface area is 140 Å². The smallest absolute Gasteiger partial charge is 0.225 e. The van der Waals surface area contributed by atoms with Crippen LogP contribution in [-0.4, -0.2) is 20.2 Å². The monoisotopic (exact) mass is 435 g/mol. The van der Waals surface area contributed by atoms with E-state index < -0.39 is 0 Å². The van der Waals surface area contributed by atoms with Gasteiger partial charge < -0.3 is 0 Å². The molecule has 0 aromatic carbocycles. The number of rotatable bonds is 3. The number of carbonyl (C=O) groups excluding carboxylic acids is 1. The molecule has 102 valence electrons. The lowest BCUT2D eigenvalue weighted by atomic mass is 10.2. The molecule has 0 aliphatic rings. The van der Waals surface area contributed by atoms with Gasteiger partial charge in [0.05, 0.1) is 15.4 Å². The normalized spacial score (nSPS) is 11.2. The zero-order valence-corrected chi connectivity index (χ0v) is 14.7. The van der Waals surface area contributed by atoms with Crippen LogP contribution in [0, 0.1) is 6.92 Å². The van der Waals surface area contributed by atoms with Crippen molar-refractivity contribution in [3.63, 3.8) is 0 Å². The summed E-state index contributed by atoms with van der Waals surface area (Å²) in [4.78, 5) is 21.2. The number of aromatic nitrogens is 3. The Hall–Kier alpha value is -0.640. The van der Waals surface area contributed by atoms with Crippen molar-refractivity contribution in [2.75, 3.05) is 0 Å². The van der Waals surface area contributed by atoms with Crippen LogP contribution in [0.15, 0.2) is 18.3 Å². The van der Waals surface area contributed by atoms with Gasteiger partial charge in [-0.1, -0.05) is 0 Å². The standard InChI is InChI=1S/C12H7ClIN3OS2/c1-6-4-8(19-9(6)5-18)10-7-2-3-17(20-14)11(7)16-12(13)15-10/h2-5H,1H3. The third-order valence-corrected chi connectivity index (χ3v) is 5.91. The first-order valence-electron chi connectivity index (χ1n) is 5.53. The molecule has 0 saturated carbocycles. The highest BCUT2D eigenvalue weighted by Gasteiger charge is 2.15. The van der Waals surface area contributed by atoms with Gasteiger partial charge in [0.25, 0.3) is 0 Å². The number of nitrogens with zero attached hydrogens (tertiary/aromatic N) is 3. The van der Waals surface area contributed by atoms with Crippen LogP contribution in [0.2, 0.25) is 5.28 Å². The van der Waals surface area contributed by atoms with E-state index in [4.69, 9.17) is 11.6 Å². The van der Waals surface area contributed by atoms with Crippen molar-refractivity contribution in [1.29, 1.82) is 0 Å². The number of halogens is 2. The summed E-state index contributed by atoms with van der Waals surface area (Å²) in [6, 6.07) is 3.92. The van der Waals surface area contributed by atoms with E-state index in [1.165, 1.54) is 20.5 Å². The molecule has 0 unspecified atom stereocenters. The Kier molecular flexibility index (Phi) is 4.02. The highest BCUT2D eigenvalue weighted by molar-refractivity contribution is 14.2. The Morgan fingerprint density at radius 3 is 2.95 bits per heavy atom. The number of fused-ring (bicyclic) bond motifs is 1. The number of hydrogen-bond acceptors (Lipinski definition) is 5. The molecule has 0 bridgehead atoms. The van der Waals surface area contributed by atoms with Crippen LogP contribution in [0.5, 0.6) is 0 Å². The van der Waals surface area contributed by atoms with E-state index in [-0.39, 0.29) is 5.28 Å². The minimum absolute atomic E-state index is 0.205. The van der Waals surface area contributed by atoms with E-state index in [9.17, 15) is 4.79 Å². The number of hydrogen-bond donors (Lipinski definition) is 0. The molecule has 4 nitrogen and oxygen atoms in total. The summed E-state index contributed by atoms with van der Waals surface area (Å²) in [5.74, 6) is 0. The van der Waals surface area contributed by atoms with E-state index in [0.29, 0.717) is 4.88 Å². The molecule has 3 aromatic rings. The van der Waals surface area contributed by atoms with Crippen molar-refractivity contribution in [3.05, 3.63) is 34.1 Å². The second-order valence-corrected chi connectivity index (χ2v) is 7.20. The largest absolute Gasteiger partial charge is 0.297 e. The summed E-state index contributed by atoms with van der Waals surface area (Å²) in [5.41, 5.74) is 2.49. The fourth-order valence-electron chi connectivity index (χ4n) is 1.94. The minimum Gasteiger partial charge on any atom is -0.297 e. The van der Waals surface area contributed by atoms with Crippen LogP contribution < -0.4 is 0 Å². The molecule has 0 amide bonds. The molecule has 0 atom stereocenters. The van der Waals surface area contributed by atoms with Gasteiger partial charge in [-0.3, -0.25) is 8.77 Å². The van der Waals surface area contributed by atoms with Crippen molar-refractivity contribution in [2.24, 2.45) is 0 Å². The molecule has 3 heterocycles. The molecule has 0 saturated heterocycles. The lowest BCUT2D eigenvalue weighted by molar-refractivity contribution is 0.112. The molecular formula is C12H7ClIN3OS2. The summed E-state index contributed by atoms with van der Waals surface area (Å²) in [7, 11) is 1.52. The molecule has 0 radical (unpaired) electrons. The number of thiophene rings is 1. The Balaban J connectivity index is 2.29. The number of aldehydes is 1. The number of aryl methyl sites for hydroxylation is 1. The van der Waals surface area contributed by atoms with Crippen LogP contribution in [-0.2, 0) is 0 Å². The van der Waals surface area contributed by atoms with Gasteiger partial charge in [-0.05, 0) is 36.2 Å². The minimum atomic E-state index is 0.205. The van der Waals surface area contributed by atoms with Gasteiger partial charge in [-0.2, -0.15) is 4.98 Å². The first-order valence-corrected chi connectivity index (χ1v) is 10.0. The van der Waals surface area contributed by atoms with E-state index in [1.807, 2.05) is 29.2 Å². The van der Waals surface area contributed by atoms with Crippen LogP contribution >= 0.6 is 53.3 Å². The van der Waals surface area contributed by atoms with Crippen LogP contribution in [0.3, 0.4) is 0 Å². The lowest BCUT2D eigenvalue weighted by Crippen LogP contribution is -1.90. The molecule has 0 N–H and O–H groups in total. The van der Waals surface area contributed by atoms with Gasteiger partial charge in [-0.15, -0.1) is 11.3 Å². The average Bonchev–Trinajstić information content (AvgIpc) is 3.00. The summed E-state index contributed by atoms with van der Waals surface area (Å²) >= 11 is 9.63. The molecule has 3 aromatic heterocycles. The average molecular weight is 436 g/mol. The van der Waals surface area contributed by atoms with Gasteiger partial charge >= 0.3 is 0 Å². The van der Waals surface area contributed by atoms with E-state index in [2.05, 4.69) is 31.2 Å². The molecule has 8 heteroatoms. The highest BCUT2D eigenvalue weighted by Crippen LogP contribution is 2.35. The summed E-state index contributed by atoms with van der Waals surface area (Å²) in [6.07, 6.45) is 2.80. The fourth-order valence-corrected chi connectivity index (χ4v) is 4.36. The molecule has 0 aliphatic heterocycles. The molecule has 0 aliphatic carbocycles. The third kappa shape index (κ3) is 2.36. The quantitative estimate of drug-likeness (QED) is 0.337. The van der Waals surface area contributed by atoms with Crippen LogP contribution in [0.4, 0.5) is 0 Å². The van der Waals surface area contributed by atoms with Crippen molar-refractivity contribution < 1.29 is 4.79 Å². The second-order valence-electron chi connectivity index (χ2n) is 4.06. The molecule has 0 spiro atoms. The predicted molar refractivity (Wildman–Crippen MR) is 93.0 cm³/mol. The van der Waals surface area contributed by atoms with Crippen molar-refractivity contribution in [1.82, 2.24) is 13.9 Å². The second kappa shape index (κ2) is 5.63. The Morgan fingerprint density at radius 1 is 1.50 bits per heavy atom. The summed E-state index contributed by atoms with van der Waals surface area (Å²) < 4.78 is 1.92. The fraction of sp³-hybridized carbons (Fsp3) is 0.0833. The van der Waals surface area contributed by atoms with E-state index in [0.717, 1.165) is 33.5 Å². The van der Waals surface area contributed by atoms with Gasteiger partial charge in [0.2, 0.25) is 5.28 Å². The Bertz CT molecular complexity index is 814. The van der Waals surface area contributed by atoms with Crippen LogP contribution in [0.25, 0.3) is 21.6 Å². The zero-order valence-electron chi connectivity index (χ0n) is 10.1.